The van der Waals surface area contributed by atoms with Crippen molar-refractivity contribution >= 4 is 6.09 Å². The van der Waals surface area contributed by atoms with Crippen molar-refractivity contribution in [3.63, 3.8) is 0 Å². The van der Waals surface area contributed by atoms with Gasteiger partial charge in [-0.15, -0.1) is 0 Å². The van der Waals surface area contributed by atoms with E-state index in [0.717, 1.165) is 5.56 Å². The van der Waals surface area contributed by atoms with Gasteiger partial charge >= 0.3 is 6.09 Å². The molecule has 0 radical (unpaired) electrons. The van der Waals surface area contributed by atoms with Gasteiger partial charge in [-0.1, -0.05) is 30.3 Å². The molecule has 0 aliphatic carbocycles. The van der Waals surface area contributed by atoms with Crippen LogP contribution in [0, 0.1) is 0 Å². The van der Waals surface area contributed by atoms with E-state index in [1.165, 1.54) is 0 Å². The molecule has 1 aromatic carbocycles. The quantitative estimate of drug-likeness (QED) is 0.819. The lowest BCUT2D eigenvalue weighted by Gasteiger charge is -2.20. The van der Waals surface area contributed by atoms with Gasteiger partial charge < -0.3 is 15.2 Å². The van der Waals surface area contributed by atoms with Crippen molar-refractivity contribution in [2.75, 3.05) is 6.61 Å². The SMILES string of the molecule is CCOC(=O)NC(C)C(O)c1ccccc1. The number of nitrogens with one attached hydrogen (secondary N) is 1. The fraction of sp³-hybridized carbons (Fsp3) is 0.417. The number of carbonyl (C=O) groups is 1. The predicted octanol–water partition coefficient (Wildman–Crippen LogP) is 1.85. The van der Waals surface area contributed by atoms with E-state index in [9.17, 15) is 9.90 Å². The zero-order chi connectivity index (χ0) is 12.0. The number of aliphatic hydroxyl groups is 1. The Morgan fingerprint density at radius 3 is 2.62 bits per heavy atom. The van der Waals surface area contributed by atoms with Gasteiger partial charge in [0.25, 0.3) is 0 Å². The summed E-state index contributed by atoms with van der Waals surface area (Å²) in [6.07, 6.45) is -1.24. The molecular weight excluding hydrogens is 206 g/mol. The van der Waals surface area contributed by atoms with Gasteiger partial charge in [0.2, 0.25) is 0 Å². The van der Waals surface area contributed by atoms with Crippen molar-refractivity contribution in [1.29, 1.82) is 0 Å². The smallest absolute Gasteiger partial charge is 0.407 e. The van der Waals surface area contributed by atoms with Gasteiger partial charge in [-0.05, 0) is 19.4 Å². The van der Waals surface area contributed by atoms with Gasteiger partial charge in [-0.2, -0.15) is 0 Å². The largest absolute Gasteiger partial charge is 0.450 e. The van der Waals surface area contributed by atoms with E-state index >= 15 is 0 Å². The standard InChI is InChI=1S/C12H17NO3/c1-3-16-12(15)13-9(2)11(14)10-7-5-4-6-8-10/h4-9,11,14H,3H2,1-2H3,(H,13,15). The normalized spacial score (nSPS) is 13.9. The zero-order valence-electron chi connectivity index (χ0n) is 9.51. The number of carbonyl (C=O) groups excluding carboxylic acids is 1. The first-order valence-corrected chi connectivity index (χ1v) is 5.31. The molecule has 0 heterocycles. The first kappa shape index (κ1) is 12.5. The van der Waals surface area contributed by atoms with Crippen LogP contribution in [0.2, 0.25) is 0 Å². The molecule has 0 fully saturated rings. The highest BCUT2D eigenvalue weighted by Crippen LogP contribution is 2.15. The summed E-state index contributed by atoms with van der Waals surface area (Å²) in [6.45, 7) is 3.78. The molecule has 2 N–H and O–H groups in total. The molecule has 4 nitrogen and oxygen atoms in total. The second kappa shape index (κ2) is 6.12. The summed E-state index contributed by atoms with van der Waals surface area (Å²) in [5.74, 6) is 0. The fourth-order valence-electron chi connectivity index (χ4n) is 1.38. The average Bonchev–Trinajstić information content (AvgIpc) is 2.29. The summed E-state index contributed by atoms with van der Waals surface area (Å²) in [7, 11) is 0. The van der Waals surface area contributed by atoms with Crippen LogP contribution < -0.4 is 5.32 Å². The maximum absolute atomic E-state index is 11.1. The molecular formula is C12H17NO3. The lowest BCUT2D eigenvalue weighted by Crippen LogP contribution is -2.37. The van der Waals surface area contributed by atoms with Crippen LogP contribution in [0.1, 0.15) is 25.5 Å². The van der Waals surface area contributed by atoms with Crippen molar-refractivity contribution in [1.82, 2.24) is 5.32 Å². The van der Waals surface area contributed by atoms with Crippen LogP contribution >= 0.6 is 0 Å². The lowest BCUT2D eigenvalue weighted by atomic mass is 10.0. The highest BCUT2D eigenvalue weighted by atomic mass is 16.5. The number of alkyl carbamates (subject to hydrolysis) is 1. The first-order valence-electron chi connectivity index (χ1n) is 5.31. The Kier molecular flexibility index (Phi) is 4.79. The van der Waals surface area contributed by atoms with E-state index in [1.807, 2.05) is 30.3 Å². The van der Waals surface area contributed by atoms with Crippen LogP contribution in [0.25, 0.3) is 0 Å². The van der Waals surface area contributed by atoms with E-state index in [2.05, 4.69) is 5.32 Å². The summed E-state index contributed by atoms with van der Waals surface area (Å²) in [5.41, 5.74) is 0.770. The average molecular weight is 223 g/mol. The molecule has 2 atom stereocenters. The van der Waals surface area contributed by atoms with Gasteiger partial charge in [-0.25, -0.2) is 4.79 Å². The summed E-state index contributed by atoms with van der Waals surface area (Å²) in [6, 6.07) is 8.80. The van der Waals surface area contributed by atoms with Crippen molar-refractivity contribution in [3.05, 3.63) is 35.9 Å². The van der Waals surface area contributed by atoms with Crippen molar-refractivity contribution in [2.45, 2.75) is 26.0 Å². The second-order valence-corrected chi connectivity index (χ2v) is 3.51. The Morgan fingerprint density at radius 1 is 1.44 bits per heavy atom. The summed E-state index contributed by atoms with van der Waals surface area (Å²) >= 11 is 0. The van der Waals surface area contributed by atoms with Gasteiger partial charge in [0.05, 0.1) is 18.8 Å². The molecule has 16 heavy (non-hydrogen) atoms. The van der Waals surface area contributed by atoms with Gasteiger partial charge in [0, 0.05) is 0 Å². The summed E-state index contributed by atoms with van der Waals surface area (Å²) in [5, 5.41) is 12.5. The monoisotopic (exact) mass is 223 g/mol. The van der Waals surface area contributed by atoms with Crippen LogP contribution in [0.5, 0.6) is 0 Å². The number of ether oxygens (including phenoxy) is 1. The summed E-state index contributed by atoms with van der Waals surface area (Å²) < 4.78 is 4.74. The molecule has 4 heteroatoms. The number of benzene rings is 1. The molecule has 0 bridgehead atoms. The van der Waals surface area contributed by atoms with Crippen molar-refractivity contribution in [3.8, 4) is 0 Å². The maximum Gasteiger partial charge on any atom is 0.407 e. The molecule has 0 aliphatic heterocycles. The number of amides is 1. The Morgan fingerprint density at radius 2 is 2.06 bits per heavy atom. The van der Waals surface area contributed by atoms with Crippen LogP contribution in [0.3, 0.4) is 0 Å². The molecule has 0 aliphatic rings. The predicted molar refractivity (Wildman–Crippen MR) is 61.0 cm³/mol. The third-order valence-corrected chi connectivity index (χ3v) is 2.24. The second-order valence-electron chi connectivity index (χ2n) is 3.51. The molecule has 2 unspecified atom stereocenters. The Bertz CT molecular complexity index is 326. The third-order valence-electron chi connectivity index (χ3n) is 2.24. The van der Waals surface area contributed by atoms with Crippen LogP contribution in [0.15, 0.2) is 30.3 Å². The first-order chi connectivity index (χ1) is 7.65. The van der Waals surface area contributed by atoms with E-state index < -0.39 is 12.2 Å². The molecule has 0 saturated carbocycles. The molecule has 1 amide bonds. The van der Waals surface area contributed by atoms with Crippen LogP contribution in [-0.2, 0) is 4.74 Å². The Hall–Kier alpha value is -1.55. The maximum atomic E-state index is 11.1. The molecule has 1 aromatic rings. The zero-order valence-corrected chi connectivity index (χ0v) is 9.51. The van der Waals surface area contributed by atoms with Crippen LogP contribution in [0.4, 0.5) is 4.79 Å². The van der Waals surface area contributed by atoms with E-state index in [4.69, 9.17) is 4.74 Å². The van der Waals surface area contributed by atoms with E-state index in [0.29, 0.717) is 6.61 Å². The number of hydrogen-bond donors (Lipinski definition) is 2. The van der Waals surface area contributed by atoms with Gasteiger partial charge in [0.1, 0.15) is 0 Å². The number of aliphatic hydroxyl groups excluding tert-OH is 1. The Balaban J connectivity index is 2.54. The van der Waals surface area contributed by atoms with Crippen molar-refractivity contribution in [2.24, 2.45) is 0 Å². The van der Waals surface area contributed by atoms with Crippen molar-refractivity contribution < 1.29 is 14.6 Å². The molecule has 0 spiro atoms. The molecule has 1 rings (SSSR count). The minimum absolute atomic E-state index is 0.319. The van der Waals surface area contributed by atoms with Gasteiger partial charge in [0.15, 0.2) is 0 Å². The molecule has 88 valence electrons. The number of hydrogen-bond acceptors (Lipinski definition) is 3. The van der Waals surface area contributed by atoms with Crippen LogP contribution in [-0.4, -0.2) is 23.8 Å². The third kappa shape index (κ3) is 3.55. The van der Waals surface area contributed by atoms with Gasteiger partial charge in [-0.3, -0.25) is 0 Å². The van der Waals surface area contributed by atoms with E-state index in [1.54, 1.807) is 13.8 Å². The highest BCUT2D eigenvalue weighted by molar-refractivity contribution is 5.67. The fourth-order valence-corrected chi connectivity index (χ4v) is 1.38. The Labute approximate surface area is 95.2 Å². The van der Waals surface area contributed by atoms with E-state index in [-0.39, 0.29) is 6.04 Å². The highest BCUT2D eigenvalue weighted by Gasteiger charge is 2.18. The molecule has 0 saturated heterocycles. The lowest BCUT2D eigenvalue weighted by molar-refractivity contribution is 0.113. The minimum atomic E-state index is -0.731. The number of rotatable bonds is 4. The summed E-state index contributed by atoms with van der Waals surface area (Å²) in [4.78, 5) is 11.1. The topological polar surface area (TPSA) is 58.6 Å². The molecule has 0 aromatic heterocycles. The minimum Gasteiger partial charge on any atom is -0.450 e.